The summed E-state index contributed by atoms with van der Waals surface area (Å²) < 4.78 is 2.31. The second-order valence-electron chi connectivity index (χ2n) is 5.24. The maximum atomic E-state index is 3.80. The fourth-order valence-corrected chi connectivity index (χ4v) is 2.82. The summed E-state index contributed by atoms with van der Waals surface area (Å²) in [5.74, 6) is 0. The zero-order valence-corrected chi connectivity index (χ0v) is 11.4. The van der Waals surface area contributed by atoms with Crippen molar-refractivity contribution < 1.29 is 0 Å². The van der Waals surface area contributed by atoms with Crippen molar-refractivity contribution in [2.75, 3.05) is 5.32 Å². The van der Waals surface area contributed by atoms with Crippen LogP contribution in [0.25, 0.3) is 5.69 Å². The van der Waals surface area contributed by atoms with Crippen molar-refractivity contribution in [3.05, 3.63) is 60.4 Å². The standard InChI is InChI=1S/C17H20N2/c1-3-4-5-7-14-16-8-6-11-19(16)17-10-9-13(2)12-15(17)18-14/h3,6,8-12,14,18H,1,4-5,7H2,2H3/t14-/m0/s1. The average molecular weight is 252 g/mol. The van der Waals surface area contributed by atoms with Crippen LogP contribution in [0.15, 0.2) is 49.2 Å². The molecular weight excluding hydrogens is 232 g/mol. The molecule has 3 rings (SSSR count). The normalized spacial score (nSPS) is 16.4. The topological polar surface area (TPSA) is 17.0 Å². The van der Waals surface area contributed by atoms with Crippen LogP contribution in [0.5, 0.6) is 0 Å². The van der Waals surface area contributed by atoms with Crippen LogP contribution in [0, 0.1) is 6.92 Å². The van der Waals surface area contributed by atoms with Gasteiger partial charge in [0.05, 0.1) is 17.4 Å². The van der Waals surface area contributed by atoms with Crippen molar-refractivity contribution in [2.24, 2.45) is 0 Å². The van der Waals surface area contributed by atoms with Gasteiger partial charge >= 0.3 is 0 Å². The van der Waals surface area contributed by atoms with E-state index in [-0.39, 0.29) is 0 Å². The Labute approximate surface area is 114 Å². The van der Waals surface area contributed by atoms with Crippen molar-refractivity contribution >= 4 is 5.69 Å². The number of hydrogen-bond acceptors (Lipinski definition) is 1. The number of allylic oxidation sites excluding steroid dienone is 1. The zero-order valence-electron chi connectivity index (χ0n) is 11.4. The molecule has 19 heavy (non-hydrogen) atoms. The summed E-state index contributed by atoms with van der Waals surface area (Å²) in [5, 5.41) is 3.68. The Morgan fingerprint density at radius 3 is 3.11 bits per heavy atom. The molecule has 1 N–H and O–H groups in total. The number of aryl methyl sites for hydroxylation is 1. The molecule has 0 fully saturated rings. The highest BCUT2D eigenvalue weighted by atomic mass is 15.1. The molecule has 2 aromatic rings. The summed E-state index contributed by atoms with van der Waals surface area (Å²) in [6.07, 6.45) is 7.56. The molecule has 2 heteroatoms. The van der Waals surface area contributed by atoms with E-state index >= 15 is 0 Å². The van der Waals surface area contributed by atoms with Crippen molar-refractivity contribution in [3.63, 3.8) is 0 Å². The van der Waals surface area contributed by atoms with Crippen LogP contribution in [0.2, 0.25) is 0 Å². The van der Waals surface area contributed by atoms with Crippen LogP contribution in [0.4, 0.5) is 5.69 Å². The lowest BCUT2D eigenvalue weighted by Crippen LogP contribution is -2.21. The van der Waals surface area contributed by atoms with E-state index in [1.807, 2.05) is 6.08 Å². The number of nitrogens with zero attached hydrogens (tertiary/aromatic N) is 1. The zero-order chi connectivity index (χ0) is 13.2. The maximum Gasteiger partial charge on any atom is 0.0686 e. The van der Waals surface area contributed by atoms with Gasteiger partial charge in [-0.15, -0.1) is 6.58 Å². The van der Waals surface area contributed by atoms with Gasteiger partial charge in [-0.2, -0.15) is 0 Å². The highest BCUT2D eigenvalue weighted by Crippen LogP contribution is 2.36. The molecule has 0 saturated carbocycles. The number of benzene rings is 1. The van der Waals surface area contributed by atoms with Gasteiger partial charge in [-0.25, -0.2) is 0 Å². The first-order chi connectivity index (χ1) is 9.29. The van der Waals surface area contributed by atoms with Crippen LogP contribution < -0.4 is 5.32 Å². The fourth-order valence-electron chi connectivity index (χ4n) is 2.82. The van der Waals surface area contributed by atoms with Gasteiger partial charge in [0.25, 0.3) is 0 Å². The molecule has 1 atom stereocenters. The molecule has 0 aliphatic carbocycles. The van der Waals surface area contributed by atoms with E-state index in [1.54, 1.807) is 0 Å². The number of rotatable bonds is 4. The van der Waals surface area contributed by atoms with Crippen LogP contribution in [0.1, 0.15) is 36.6 Å². The summed E-state index contributed by atoms with van der Waals surface area (Å²) in [4.78, 5) is 0. The van der Waals surface area contributed by atoms with E-state index < -0.39 is 0 Å². The second kappa shape index (κ2) is 4.96. The predicted octanol–water partition coefficient (Wildman–Crippen LogP) is 4.61. The number of anilines is 1. The number of fused-ring (bicyclic) bond motifs is 3. The van der Waals surface area contributed by atoms with Gasteiger partial charge in [0.2, 0.25) is 0 Å². The Balaban J connectivity index is 1.94. The number of nitrogens with one attached hydrogen (secondary N) is 1. The van der Waals surface area contributed by atoms with E-state index in [9.17, 15) is 0 Å². The van der Waals surface area contributed by atoms with E-state index in [0.717, 1.165) is 12.8 Å². The first-order valence-corrected chi connectivity index (χ1v) is 6.95. The first-order valence-electron chi connectivity index (χ1n) is 6.95. The molecule has 2 heterocycles. The molecule has 1 aliphatic heterocycles. The smallest absolute Gasteiger partial charge is 0.0686 e. The van der Waals surface area contributed by atoms with Gasteiger partial charge in [-0.3, -0.25) is 0 Å². The summed E-state index contributed by atoms with van der Waals surface area (Å²) in [7, 11) is 0. The minimum absolute atomic E-state index is 0.407. The van der Waals surface area contributed by atoms with Gasteiger partial charge in [-0.1, -0.05) is 12.1 Å². The number of unbranched alkanes of at least 4 members (excludes halogenated alkanes) is 1. The van der Waals surface area contributed by atoms with Gasteiger partial charge in [0.1, 0.15) is 0 Å². The third-order valence-corrected chi connectivity index (χ3v) is 3.78. The molecule has 1 aromatic heterocycles. The summed E-state index contributed by atoms with van der Waals surface area (Å²) in [5.41, 5.74) is 5.16. The van der Waals surface area contributed by atoms with Crippen LogP contribution >= 0.6 is 0 Å². The molecule has 2 nitrogen and oxygen atoms in total. The lowest BCUT2D eigenvalue weighted by atomic mass is 10.0. The first kappa shape index (κ1) is 12.1. The Kier molecular flexibility index (Phi) is 3.16. The van der Waals surface area contributed by atoms with Crippen LogP contribution in [-0.2, 0) is 0 Å². The average Bonchev–Trinajstić information content (AvgIpc) is 2.88. The van der Waals surface area contributed by atoms with Gasteiger partial charge in [0, 0.05) is 11.9 Å². The predicted molar refractivity (Wildman–Crippen MR) is 80.9 cm³/mol. The lowest BCUT2D eigenvalue weighted by molar-refractivity contribution is 0.616. The molecular formula is C17H20N2. The third kappa shape index (κ3) is 2.19. The summed E-state index contributed by atoms with van der Waals surface area (Å²) in [6, 6.07) is 11.4. The number of aromatic nitrogens is 1. The summed E-state index contributed by atoms with van der Waals surface area (Å²) >= 11 is 0. The number of hydrogen-bond donors (Lipinski definition) is 1. The Hall–Kier alpha value is -1.96. The molecule has 1 aliphatic rings. The second-order valence-corrected chi connectivity index (χ2v) is 5.24. The van der Waals surface area contributed by atoms with Crippen molar-refractivity contribution in [3.8, 4) is 5.69 Å². The van der Waals surface area contributed by atoms with E-state index in [0.29, 0.717) is 6.04 Å². The molecule has 0 saturated heterocycles. The minimum Gasteiger partial charge on any atom is -0.375 e. The summed E-state index contributed by atoms with van der Waals surface area (Å²) in [6.45, 7) is 5.94. The third-order valence-electron chi connectivity index (χ3n) is 3.78. The van der Waals surface area contributed by atoms with Gasteiger partial charge < -0.3 is 9.88 Å². The lowest BCUT2D eigenvalue weighted by Gasteiger charge is -2.29. The largest absolute Gasteiger partial charge is 0.375 e. The Morgan fingerprint density at radius 1 is 1.37 bits per heavy atom. The fraction of sp³-hybridized carbons (Fsp3) is 0.294. The highest BCUT2D eigenvalue weighted by Gasteiger charge is 2.22. The highest BCUT2D eigenvalue weighted by molar-refractivity contribution is 5.66. The molecule has 0 amide bonds. The van der Waals surface area contributed by atoms with E-state index in [1.165, 1.54) is 29.1 Å². The van der Waals surface area contributed by atoms with Crippen LogP contribution in [0.3, 0.4) is 0 Å². The Morgan fingerprint density at radius 2 is 2.26 bits per heavy atom. The van der Waals surface area contributed by atoms with Crippen molar-refractivity contribution in [1.82, 2.24) is 4.57 Å². The SMILES string of the molecule is C=CCCC[C@@H]1Nc2cc(C)ccc2-n2cccc21. The molecule has 0 spiro atoms. The minimum atomic E-state index is 0.407. The Bertz CT molecular complexity index is 595. The van der Waals surface area contributed by atoms with E-state index in [2.05, 4.69) is 59.9 Å². The van der Waals surface area contributed by atoms with E-state index in [4.69, 9.17) is 0 Å². The molecule has 0 unspecified atom stereocenters. The monoisotopic (exact) mass is 252 g/mol. The molecule has 1 aromatic carbocycles. The van der Waals surface area contributed by atoms with Crippen LogP contribution in [-0.4, -0.2) is 4.57 Å². The van der Waals surface area contributed by atoms with Gasteiger partial charge in [-0.05, 0) is 56.0 Å². The van der Waals surface area contributed by atoms with Crippen molar-refractivity contribution in [1.29, 1.82) is 0 Å². The molecule has 0 bridgehead atoms. The van der Waals surface area contributed by atoms with Gasteiger partial charge in [0.15, 0.2) is 0 Å². The van der Waals surface area contributed by atoms with Crippen molar-refractivity contribution in [2.45, 2.75) is 32.2 Å². The quantitative estimate of drug-likeness (QED) is 0.621. The maximum absolute atomic E-state index is 3.80. The molecule has 0 radical (unpaired) electrons. The molecule has 98 valence electrons.